The van der Waals surface area contributed by atoms with Gasteiger partial charge in [-0.15, -0.1) is 0 Å². The lowest BCUT2D eigenvalue weighted by atomic mass is 9.97. The summed E-state index contributed by atoms with van der Waals surface area (Å²) >= 11 is 0. The molecule has 0 heterocycles. The molecular weight excluding hydrogens is 288 g/mol. The molecule has 0 amide bonds. The quantitative estimate of drug-likeness (QED) is 0.480. The zero-order valence-electron chi connectivity index (χ0n) is 15.3. The minimum absolute atomic E-state index is 0.704. The summed E-state index contributed by atoms with van der Waals surface area (Å²) in [5, 5.41) is 0. The van der Waals surface area contributed by atoms with Crippen LogP contribution in [0.5, 0.6) is 0 Å². The Balaban J connectivity index is 0.000000177. The van der Waals surface area contributed by atoms with E-state index < -0.39 is 0 Å². The van der Waals surface area contributed by atoms with Crippen LogP contribution >= 0.6 is 0 Å². The standard InChI is InChI=1S/C13H12.C11H16/c1-11-6-5-9-13(10-11)12-7-3-2-4-8-12;1-4-10(3)11-7-5-6-9(2)8-11/h2-10H,1H3;5-8,10H,4H2,1-3H3. The predicted octanol–water partition coefficient (Wildman–Crippen LogP) is 7.17. The smallest absolute Gasteiger partial charge is 0.0181 e. The van der Waals surface area contributed by atoms with Gasteiger partial charge in [0.05, 0.1) is 0 Å². The van der Waals surface area contributed by atoms with Crippen molar-refractivity contribution < 1.29 is 0 Å². The van der Waals surface area contributed by atoms with Crippen LogP contribution in [0.1, 0.15) is 42.9 Å². The first kappa shape index (κ1) is 18.0. The summed E-state index contributed by atoms with van der Waals surface area (Å²) in [4.78, 5) is 0. The molecule has 3 rings (SSSR count). The van der Waals surface area contributed by atoms with Crippen LogP contribution in [0.25, 0.3) is 11.1 Å². The Morgan fingerprint density at radius 2 is 1.25 bits per heavy atom. The van der Waals surface area contributed by atoms with E-state index in [9.17, 15) is 0 Å². The van der Waals surface area contributed by atoms with Gasteiger partial charge in [0.1, 0.15) is 0 Å². The molecule has 124 valence electrons. The maximum absolute atomic E-state index is 2.27. The molecule has 0 saturated heterocycles. The summed E-state index contributed by atoms with van der Waals surface area (Å²) < 4.78 is 0. The molecule has 0 N–H and O–H groups in total. The lowest BCUT2D eigenvalue weighted by Gasteiger charge is -2.08. The van der Waals surface area contributed by atoms with Gasteiger partial charge in [0.2, 0.25) is 0 Å². The molecule has 3 aromatic rings. The average molecular weight is 316 g/mol. The zero-order chi connectivity index (χ0) is 17.4. The van der Waals surface area contributed by atoms with E-state index in [1.54, 1.807) is 0 Å². The molecule has 0 aliphatic heterocycles. The second-order valence-corrected chi connectivity index (χ2v) is 6.46. The molecule has 0 bridgehead atoms. The first-order chi connectivity index (χ1) is 11.6. The van der Waals surface area contributed by atoms with E-state index in [1.165, 1.54) is 34.2 Å². The Morgan fingerprint density at radius 3 is 1.83 bits per heavy atom. The number of aryl methyl sites for hydroxylation is 2. The molecule has 3 aromatic carbocycles. The van der Waals surface area contributed by atoms with Gasteiger partial charge in [0.25, 0.3) is 0 Å². The van der Waals surface area contributed by atoms with Crippen molar-refractivity contribution >= 4 is 0 Å². The third-order valence-corrected chi connectivity index (χ3v) is 4.35. The second kappa shape index (κ2) is 9.08. The molecule has 0 aromatic heterocycles. The van der Waals surface area contributed by atoms with Gasteiger partial charge in [0, 0.05) is 0 Å². The van der Waals surface area contributed by atoms with E-state index >= 15 is 0 Å². The highest BCUT2D eigenvalue weighted by molar-refractivity contribution is 5.63. The van der Waals surface area contributed by atoms with Crippen molar-refractivity contribution in [1.29, 1.82) is 0 Å². The van der Waals surface area contributed by atoms with Gasteiger partial charge < -0.3 is 0 Å². The van der Waals surface area contributed by atoms with Crippen LogP contribution < -0.4 is 0 Å². The van der Waals surface area contributed by atoms with Crippen molar-refractivity contribution in [2.75, 3.05) is 0 Å². The Hall–Kier alpha value is -2.34. The maximum Gasteiger partial charge on any atom is -0.0181 e. The number of rotatable bonds is 3. The Bertz CT molecular complexity index is 741. The molecular formula is C24H28. The minimum atomic E-state index is 0.704. The largest absolute Gasteiger partial charge is 0.0648 e. The Labute approximate surface area is 147 Å². The van der Waals surface area contributed by atoms with Crippen molar-refractivity contribution in [3.63, 3.8) is 0 Å². The molecule has 0 fully saturated rings. The SMILES string of the molecule is CCC(C)c1cccc(C)c1.Cc1cccc(-c2ccccc2)c1. The number of hydrogen-bond donors (Lipinski definition) is 0. The highest BCUT2D eigenvalue weighted by Crippen LogP contribution is 2.19. The van der Waals surface area contributed by atoms with Gasteiger partial charge >= 0.3 is 0 Å². The van der Waals surface area contributed by atoms with Gasteiger partial charge in [-0.25, -0.2) is 0 Å². The topological polar surface area (TPSA) is 0 Å². The van der Waals surface area contributed by atoms with E-state index in [0.29, 0.717) is 5.92 Å². The van der Waals surface area contributed by atoms with Gasteiger partial charge in [-0.2, -0.15) is 0 Å². The molecule has 0 spiro atoms. The van der Waals surface area contributed by atoms with Crippen LogP contribution in [0.3, 0.4) is 0 Å². The minimum Gasteiger partial charge on any atom is -0.0648 e. The van der Waals surface area contributed by atoms with Crippen LogP contribution in [-0.2, 0) is 0 Å². The summed E-state index contributed by atoms with van der Waals surface area (Å²) in [5.41, 5.74) is 6.71. The monoisotopic (exact) mass is 316 g/mol. The lowest BCUT2D eigenvalue weighted by molar-refractivity contribution is 0.733. The summed E-state index contributed by atoms with van der Waals surface area (Å²) in [6.07, 6.45) is 1.23. The Kier molecular flexibility index (Phi) is 6.81. The molecule has 0 aliphatic carbocycles. The van der Waals surface area contributed by atoms with Crippen molar-refractivity contribution in [1.82, 2.24) is 0 Å². The lowest BCUT2D eigenvalue weighted by Crippen LogP contribution is -1.90. The molecule has 0 saturated carbocycles. The fraction of sp³-hybridized carbons (Fsp3) is 0.250. The van der Waals surface area contributed by atoms with E-state index in [0.717, 1.165) is 0 Å². The number of hydrogen-bond acceptors (Lipinski definition) is 0. The third kappa shape index (κ3) is 5.38. The molecule has 1 atom stereocenters. The summed E-state index contributed by atoms with van der Waals surface area (Å²) in [6, 6.07) is 27.8. The van der Waals surface area contributed by atoms with Gasteiger partial charge in [-0.05, 0) is 42.9 Å². The predicted molar refractivity (Wildman–Crippen MR) is 107 cm³/mol. The fourth-order valence-electron chi connectivity index (χ4n) is 2.67. The Morgan fingerprint density at radius 1 is 0.667 bits per heavy atom. The molecule has 24 heavy (non-hydrogen) atoms. The molecule has 0 heteroatoms. The average Bonchev–Trinajstić information content (AvgIpc) is 2.62. The maximum atomic E-state index is 2.27. The highest BCUT2D eigenvalue weighted by Gasteiger charge is 2.00. The van der Waals surface area contributed by atoms with Gasteiger partial charge in [-0.3, -0.25) is 0 Å². The van der Waals surface area contributed by atoms with Crippen molar-refractivity contribution in [3.05, 3.63) is 95.6 Å². The van der Waals surface area contributed by atoms with Gasteiger partial charge in [-0.1, -0.05) is 104 Å². The molecule has 0 nitrogen and oxygen atoms in total. The van der Waals surface area contributed by atoms with Crippen LogP contribution in [0.4, 0.5) is 0 Å². The van der Waals surface area contributed by atoms with Crippen LogP contribution in [0.2, 0.25) is 0 Å². The first-order valence-corrected chi connectivity index (χ1v) is 8.78. The van der Waals surface area contributed by atoms with Crippen molar-refractivity contribution in [3.8, 4) is 11.1 Å². The zero-order valence-corrected chi connectivity index (χ0v) is 15.3. The van der Waals surface area contributed by atoms with Gasteiger partial charge in [0.15, 0.2) is 0 Å². The fourth-order valence-corrected chi connectivity index (χ4v) is 2.67. The number of benzene rings is 3. The van der Waals surface area contributed by atoms with Crippen LogP contribution in [0, 0.1) is 13.8 Å². The normalized spacial score (nSPS) is 11.3. The molecule has 0 radical (unpaired) electrons. The first-order valence-electron chi connectivity index (χ1n) is 8.78. The van der Waals surface area contributed by atoms with E-state index in [2.05, 4.69) is 100 Å². The van der Waals surface area contributed by atoms with Crippen molar-refractivity contribution in [2.24, 2.45) is 0 Å². The highest BCUT2D eigenvalue weighted by atomic mass is 14.1. The van der Waals surface area contributed by atoms with E-state index in [4.69, 9.17) is 0 Å². The summed E-state index contributed by atoms with van der Waals surface area (Å²) in [6.45, 7) is 8.76. The van der Waals surface area contributed by atoms with E-state index in [-0.39, 0.29) is 0 Å². The molecule has 1 unspecified atom stereocenters. The second-order valence-electron chi connectivity index (χ2n) is 6.46. The van der Waals surface area contributed by atoms with Crippen LogP contribution in [-0.4, -0.2) is 0 Å². The third-order valence-electron chi connectivity index (χ3n) is 4.35. The van der Waals surface area contributed by atoms with Crippen molar-refractivity contribution in [2.45, 2.75) is 40.0 Å². The summed E-state index contributed by atoms with van der Waals surface area (Å²) in [5.74, 6) is 0.704. The summed E-state index contributed by atoms with van der Waals surface area (Å²) in [7, 11) is 0. The van der Waals surface area contributed by atoms with E-state index in [1.807, 2.05) is 6.07 Å². The molecule has 0 aliphatic rings. The van der Waals surface area contributed by atoms with Crippen LogP contribution in [0.15, 0.2) is 78.9 Å².